The van der Waals surface area contributed by atoms with E-state index in [-0.39, 0.29) is 17.5 Å². The molecule has 5 heterocycles. The van der Waals surface area contributed by atoms with Crippen molar-refractivity contribution in [1.82, 2.24) is 29.6 Å². The molecule has 176 valence electrons. The van der Waals surface area contributed by atoms with Crippen LogP contribution in [0.1, 0.15) is 46.7 Å². The Morgan fingerprint density at radius 1 is 1.12 bits per heavy atom. The Kier molecular flexibility index (Phi) is 6.31. The minimum atomic E-state index is -0.349. The van der Waals surface area contributed by atoms with Crippen molar-refractivity contribution < 1.29 is 14.3 Å². The van der Waals surface area contributed by atoms with Crippen molar-refractivity contribution in [2.24, 2.45) is 0 Å². The molecule has 0 radical (unpaired) electrons. The second kappa shape index (κ2) is 9.68. The molecule has 0 spiro atoms. The van der Waals surface area contributed by atoms with Crippen molar-refractivity contribution in [2.75, 3.05) is 25.6 Å². The van der Waals surface area contributed by atoms with Crippen molar-refractivity contribution in [1.29, 1.82) is 0 Å². The minimum absolute atomic E-state index is 0.0481. The Bertz CT molecular complexity index is 1220. The lowest BCUT2D eigenvalue weighted by atomic mass is 10.0. The van der Waals surface area contributed by atoms with Gasteiger partial charge in [-0.2, -0.15) is 0 Å². The highest BCUT2D eigenvalue weighted by atomic mass is 16.5. The maximum absolute atomic E-state index is 12.9. The lowest BCUT2D eigenvalue weighted by molar-refractivity contribution is -0.133. The van der Waals surface area contributed by atoms with E-state index in [1.54, 1.807) is 30.3 Å². The molecular formula is C24H27N7O3. The van der Waals surface area contributed by atoms with E-state index < -0.39 is 0 Å². The molecule has 1 N–H and O–H groups in total. The smallest absolute Gasteiger partial charge is 0.275 e. The van der Waals surface area contributed by atoms with Crippen LogP contribution < -0.4 is 5.32 Å². The fourth-order valence-corrected chi connectivity index (χ4v) is 4.43. The summed E-state index contributed by atoms with van der Waals surface area (Å²) in [5.74, 6) is 1.82. The number of hydrogen-bond acceptors (Lipinski definition) is 7. The van der Waals surface area contributed by atoms with Gasteiger partial charge in [0.2, 0.25) is 5.91 Å². The molecule has 2 aliphatic heterocycles. The first-order valence-corrected chi connectivity index (χ1v) is 11.6. The van der Waals surface area contributed by atoms with Crippen molar-refractivity contribution in [3.8, 4) is 11.5 Å². The van der Waals surface area contributed by atoms with Crippen LogP contribution in [0.15, 0.2) is 30.5 Å². The number of rotatable bonds is 6. The number of anilines is 1. The van der Waals surface area contributed by atoms with E-state index in [1.165, 1.54) is 0 Å². The second-order valence-electron chi connectivity index (χ2n) is 8.56. The van der Waals surface area contributed by atoms with Crippen LogP contribution in [0.5, 0.6) is 0 Å². The van der Waals surface area contributed by atoms with E-state index in [9.17, 15) is 9.59 Å². The van der Waals surface area contributed by atoms with Gasteiger partial charge in [0.15, 0.2) is 5.82 Å². The summed E-state index contributed by atoms with van der Waals surface area (Å²) in [5.41, 5.74) is 2.96. The van der Waals surface area contributed by atoms with Gasteiger partial charge in [-0.3, -0.25) is 14.6 Å². The topological polar surface area (TPSA) is 115 Å². The van der Waals surface area contributed by atoms with Crippen molar-refractivity contribution in [2.45, 2.75) is 45.2 Å². The number of carbonyl (C=O) groups is 2. The molecule has 2 aliphatic rings. The van der Waals surface area contributed by atoms with Crippen molar-refractivity contribution in [3.05, 3.63) is 53.1 Å². The van der Waals surface area contributed by atoms with Crippen LogP contribution >= 0.6 is 0 Å². The summed E-state index contributed by atoms with van der Waals surface area (Å²) in [7, 11) is 1.58. The largest absolute Gasteiger partial charge is 0.384 e. The Morgan fingerprint density at radius 2 is 2.03 bits per heavy atom. The average molecular weight is 462 g/mol. The van der Waals surface area contributed by atoms with Gasteiger partial charge in [-0.05, 0) is 48.6 Å². The maximum Gasteiger partial charge on any atom is 0.275 e. The Hall–Kier alpha value is -3.66. The van der Waals surface area contributed by atoms with Gasteiger partial charge in [0, 0.05) is 39.4 Å². The molecule has 5 rings (SSSR count). The highest BCUT2D eigenvalue weighted by Crippen LogP contribution is 2.23. The SMILES string of the molecule is COCCC(=O)N1CCc2cnc(C(=O)Nc3cccc(-c4nnc5n4CCCC5)n3)cc2C1. The molecule has 34 heavy (non-hydrogen) atoms. The first-order valence-electron chi connectivity index (χ1n) is 11.6. The molecule has 0 aliphatic carbocycles. The van der Waals surface area contributed by atoms with Crippen LogP contribution in [-0.2, 0) is 35.5 Å². The van der Waals surface area contributed by atoms with Crippen LogP contribution in [0.3, 0.4) is 0 Å². The standard InChI is InChI=1S/C24H27N7O3/c1-34-12-9-22(32)30-11-8-16-14-25-19(13-17(16)15-30)24(33)27-20-6-4-5-18(26-20)23-29-28-21-7-2-3-10-31(21)23/h4-6,13-14H,2-3,7-12,15H2,1H3,(H,26,27,33). The van der Waals surface area contributed by atoms with E-state index in [0.717, 1.165) is 55.0 Å². The van der Waals surface area contributed by atoms with E-state index in [1.807, 2.05) is 12.1 Å². The molecular weight excluding hydrogens is 434 g/mol. The van der Waals surface area contributed by atoms with E-state index in [0.29, 0.717) is 37.6 Å². The van der Waals surface area contributed by atoms with Crippen LogP contribution in [0.25, 0.3) is 11.5 Å². The summed E-state index contributed by atoms with van der Waals surface area (Å²) >= 11 is 0. The molecule has 0 atom stereocenters. The third-order valence-electron chi connectivity index (χ3n) is 6.28. The molecule has 0 fully saturated rings. The molecule has 10 nitrogen and oxygen atoms in total. The molecule has 0 saturated heterocycles. The van der Waals surface area contributed by atoms with E-state index in [4.69, 9.17) is 4.74 Å². The van der Waals surface area contributed by atoms with Crippen LogP contribution in [0, 0.1) is 0 Å². The third-order valence-corrected chi connectivity index (χ3v) is 6.28. The number of amides is 2. The molecule has 0 unspecified atom stereocenters. The van der Waals surface area contributed by atoms with Gasteiger partial charge in [0.1, 0.15) is 23.0 Å². The highest BCUT2D eigenvalue weighted by Gasteiger charge is 2.23. The van der Waals surface area contributed by atoms with Crippen molar-refractivity contribution in [3.63, 3.8) is 0 Å². The number of aromatic nitrogens is 5. The number of fused-ring (bicyclic) bond motifs is 2. The average Bonchev–Trinajstić information content (AvgIpc) is 3.31. The van der Waals surface area contributed by atoms with Gasteiger partial charge in [-0.15, -0.1) is 10.2 Å². The van der Waals surface area contributed by atoms with Crippen LogP contribution in [-0.4, -0.2) is 61.7 Å². The summed E-state index contributed by atoms with van der Waals surface area (Å²) < 4.78 is 7.11. The molecule has 10 heteroatoms. The quantitative estimate of drug-likeness (QED) is 0.599. The second-order valence-corrected chi connectivity index (χ2v) is 8.56. The Morgan fingerprint density at radius 3 is 2.91 bits per heavy atom. The zero-order chi connectivity index (χ0) is 23.5. The van der Waals surface area contributed by atoms with Gasteiger partial charge < -0.3 is 19.5 Å². The normalized spacial score (nSPS) is 14.9. The zero-order valence-electron chi connectivity index (χ0n) is 19.2. The number of methoxy groups -OCH3 is 1. The molecule has 0 saturated carbocycles. The fourth-order valence-electron chi connectivity index (χ4n) is 4.43. The van der Waals surface area contributed by atoms with Crippen LogP contribution in [0.4, 0.5) is 5.82 Å². The van der Waals surface area contributed by atoms with Gasteiger partial charge in [-0.1, -0.05) is 6.07 Å². The number of pyridine rings is 2. The highest BCUT2D eigenvalue weighted by molar-refractivity contribution is 6.02. The Balaban J connectivity index is 1.30. The zero-order valence-corrected chi connectivity index (χ0v) is 19.2. The van der Waals surface area contributed by atoms with E-state index >= 15 is 0 Å². The third kappa shape index (κ3) is 4.54. The summed E-state index contributed by atoms with van der Waals surface area (Å²) in [5, 5.41) is 11.4. The van der Waals surface area contributed by atoms with Crippen LogP contribution in [0.2, 0.25) is 0 Å². The number of aryl methyl sites for hydroxylation is 1. The first-order chi connectivity index (χ1) is 16.6. The lowest BCUT2D eigenvalue weighted by Gasteiger charge is -2.29. The molecule has 3 aromatic rings. The fraction of sp³-hybridized carbons (Fsp3) is 0.417. The summed E-state index contributed by atoms with van der Waals surface area (Å²) in [6, 6.07) is 7.21. The number of hydrogen-bond donors (Lipinski definition) is 1. The summed E-state index contributed by atoms with van der Waals surface area (Å²) in [4.78, 5) is 36.1. The Labute approximate surface area is 197 Å². The minimum Gasteiger partial charge on any atom is -0.384 e. The van der Waals surface area contributed by atoms with Gasteiger partial charge >= 0.3 is 0 Å². The van der Waals surface area contributed by atoms with Gasteiger partial charge in [0.25, 0.3) is 5.91 Å². The maximum atomic E-state index is 12.9. The molecule has 0 aromatic carbocycles. The van der Waals surface area contributed by atoms with Gasteiger partial charge in [-0.25, -0.2) is 4.98 Å². The molecule has 3 aromatic heterocycles. The monoisotopic (exact) mass is 461 g/mol. The van der Waals surface area contributed by atoms with Crippen molar-refractivity contribution >= 4 is 17.6 Å². The first kappa shape index (κ1) is 22.1. The predicted molar refractivity (Wildman–Crippen MR) is 124 cm³/mol. The number of carbonyl (C=O) groups excluding carboxylic acids is 2. The summed E-state index contributed by atoms with van der Waals surface area (Å²) in [6.45, 7) is 2.38. The molecule has 2 amide bonds. The number of nitrogens with zero attached hydrogens (tertiary/aromatic N) is 6. The summed E-state index contributed by atoms with van der Waals surface area (Å²) in [6.07, 6.45) is 5.93. The van der Waals surface area contributed by atoms with E-state index in [2.05, 4.69) is 30.0 Å². The number of ether oxygens (including phenoxy) is 1. The lowest BCUT2D eigenvalue weighted by Crippen LogP contribution is -2.36. The van der Waals surface area contributed by atoms with Gasteiger partial charge in [0.05, 0.1) is 13.0 Å². The number of nitrogens with one attached hydrogen (secondary N) is 1. The molecule has 0 bridgehead atoms. The predicted octanol–water partition coefficient (Wildman–Crippen LogP) is 2.24.